The van der Waals surface area contributed by atoms with Gasteiger partial charge in [0.1, 0.15) is 5.75 Å². The molecule has 150 valence electrons. The van der Waals surface area contributed by atoms with Crippen LogP contribution in [-0.4, -0.2) is 32.0 Å². The van der Waals surface area contributed by atoms with Crippen LogP contribution in [0.4, 0.5) is 5.69 Å². The highest BCUT2D eigenvalue weighted by molar-refractivity contribution is 5.93. The van der Waals surface area contributed by atoms with Gasteiger partial charge >= 0.3 is 0 Å². The van der Waals surface area contributed by atoms with Gasteiger partial charge in [0.15, 0.2) is 0 Å². The summed E-state index contributed by atoms with van der Waals surface area (Å²) >= 11 is 0. The molecule has 2 amide bonds. The second-order valence-corrected chi connectivity index (χ2v) is 7.05. The number of nitrogens with one attached hydrogen (secondary N) is 1. The van der Waals surface area contributed by atoms with Gasteiger partial charge in [-0.15, -0.1) is 0 Å². The van der Waals surface area contributed by atoms with Gasteiger partial charge in [0.25, 0.3) is 0 Å². The number of methoxy groups -OCH3 is 1. The van der Waals surface area contributed by atoms with Crippen molar-refractivity contribution in [2.75, 3.05) is 25.1 Å². The number of carbonyl (C=O) groups excluding carboxylic acids is 2. The molecule has 1 N–H and O–H groups in total. The van der Waals surface area contributed by atoms with Crippen LogP contribution in [0.3, 0.4) is 0 Å². The maximum Gasteiger partial charge on any atom is 0.223 e. The van der Waals surface area contributed by atoms with E-state index >= 15 is 0 Å². The molecule has 2 aromatic rings. The molecule has 28 heavy (non-hydrogen) atoms. The van der Waals surface area contributed by atoms with E-state index in [4.69, 9.17) is 4.74 Å². The molecule has 5 nitrogen and oxygen atoms in total. The van der Waals surface area contributed by atoms with E-state index in [1.54, 1.807) is 12.0 Å². The first-order valence-electron chi connectivity index (χ1n) is 9.69. The van der Waals surface area contributed by atoms with Crippen LogP contribution < -0.4 is 15.0 Å². The molecule has 0 unspecified atom stereocenters. The number of nitrogens with zero attached hydrogens (tertiary/aromatic N) is 1. The van der Waals surface area contributed by atoms with E-state index in [1.807, 2.05) is 48.5 Å². The van der Waals surface area contributed by atoms with Crippen molar-refractivity contribution in [2.24, 2.45) is 0 Å². The minimum atomic E-state index is -0.0665. The molecule has 0 heterocycles. The average molecular weight is 383 g/mol. The lowest BCUT2D eigenvalue weighted by molar-refractivity contribution is -0.121. The van der Waals surface area contributed by atoms with E-state index in [2.05, 4.69) is 19.2 Å². The van der Waals surface area contributed by atoms with Gasteiger partial charge in [0, 0.05) is 32.1 Å². The Hall–Kier alpha value is -2.82. The maximum atomic E-state index is 12.3. The molecule has 0 aliphatic carbocycles. The Morgan fingerprint density at radius 3 is 2.43 bits per heavy atom. The highest BCUT2D eigenvalue weighted by Crippen LogP contribution is 2.27. The van der Waals surface area contributed by atoms with Gasteiger partial charge in [0.05, 0.1) is 7.11 Å². The minimum absolute atomic E-state index is 0.0603. The fourth-order valence-electron chi connectivity index (χ4n) is 3.22. The lowest BCUT2D eigenvalue weighted by Gasteiger charge is -2.25. The summed E-state index contributed by atoms with van der Waals surface area (Å²) in [4.78, 5) is 26.2. The van der Waals surface area contributed by atoms with E-state index in [0.29, 0.717) is 25.4 Å². The Balaban J connectivity index is 1.92. The zero-order valence-electron chi connectivity index (χ0n) is 17.2. The number of benzene rings is 2. The minimum Gasteiger partial charge on any atom is -0.496 e. The quantitative estimate of drug-likeness (QED) is 0.715. The summed E-state index contributed by atoms with van der Waals surface area (Å²) in [7, 11) is 1.64. The van der Waals surface area contributed by atoms with Crippen LogP contribution in [0.1, 0.15) is 44.2 Å². The van der Waals surface area contributed by atoms with Crippen molar-refractivity contribution in [3.8, 4) is 5.75 Å². The summed E-state index contributed by atoms with van der Waals surface area (Å²) in [5, 5.41) is 2.93. The van der Waals surface area contributed by atoms with Crippen molar-refractivity contribution in [3.63, 3.8) is 0 Å². The number of para-hydroxylation sites is 2. The topological polar surface area (TPSA) is 58.6 Å². The van der Waals surface area contributed by atoms with Crippen molar-refractivity contribution >= 4 is 17.5 Å². The van der Waals surface area contributed by atoms with Crippen molar-refractivity contribution in [1.29, 1.82) is 0 Å². The van der Waals surface area contributed by atoms with Crippen molar-refractivity contribution in [3.05, 3.63) is 59.7 Å². The molecule has 0 fully saturated rings. The van der Waals surface area contributed by atoms with E-state index in [0.717, 1.165) is 22.6 Å². The third kappa shape index (κ3) is 5.84. The Kier molecular flexibility index (Phi) is 8.05. The maximum absolute atomic E-state index is 12.3. The number of amides is 2. The standard InChI is InChI=1S/C23H30N2O3/c1-17(2)20-10-6-7-11-21(20)25(18(3)26)16-14-23(27)24-15-13-19-9-5-8-12-22(19)28-4/h5-12,17H,13-16H2,1-4H3,(H,24,27). The van der Waals surface area contributed by atoms with Crippen molar-refractivity contribution in [2.45, 2.75) is 39.5 Å². The number of hydrogen-bond acceptors (Lipinski definition) is 3. The highest BCUT2D eigenvalue weighted by atomic mass is 16.5. The van der Waals surface area contributed by atoms with Crippen LogP contribution >= 0.6 is 0 Å². The van der Waals surface area contributed by atoms with Crippen LogP contribution in [-0.2, 0) is 16.0 Å². The first-order chi connectivity index (χ1) is 13.4. The van der Waals surface area contributed by atoms with Crippen LogP contribution in [0, 0.1) is 0 Å². The fraction of sp³-hybridized carbons (Fsp3) is 0.391. The van der Waals surface area contributed by atoms with E-state index < -0.39 is 0 Å². The van der Waals surface area contributed by atoms with Gasteiger partial charge < -0.3 is 15.0 Å². The monoisotopic (exact) mass is 382 g/mol. The van der Waals surface area contributed by atoms with Crippen molar-refractivity contribution < 1.29 is 14.3 Å². The Morgan fingerprint density at radius 1 is 1.07 bits per heavy atom. The van der Waals surface area contributed by atoms with Gasteiger partial charge in [-0.25, -0.2) is 0 Å². The molecule has 0 aliphatic rings. The molecular weight excluding hydrogens is 352 g/mol. The second kappa shape index (κ2) is 10.5. The SMILES string of the molecule is COc1ccccc1CCNC(=O)CCN(C(C)=O)c1ccccc1C(C)C. The van der Waals surface area contributed by atoms with Gasteiger partial charge in [-0.05, 0) is 35.6 Å². The van der Waals surface area contributed by atoms with E-state index in [-0.39, 0.29) is 18.2 Å². The number of hydrogen-bond donors (Lipinski definition) is 1. The van der Waals surface area contributed by atoms with Gasteiger partial charge in [-0.1, -0.05) is 50.2 Å². The van der Waals surface area contributed by atoms with Gasteiger partial charge in [0.2, 0.25) is 11.8 Å². The van der Waals surface area contributed by atoms with E-state index in [9.17, 15) is 9.59 Å². The summed E-state index contributed by atoms with van der Waals surface area (Å²) in [6.45, 7) is 6.63. The molecule has 0 radical (unpaired) electrons. The Morgan fingerprint density at radius 2 is 1.75 bits per heavy atom. The lowest BCUT2D eigenvalue weighted by atomic mass is 10.0. The predicted octanol–water partition coefficient (Wildman–Crippen LogP) is 3.92. The van der Waals surface area contributed by atoms with E-state index in [1.165, 1.54) is 6.92 Å². The number of rotatable bonds is 9. The number of anilines is 1. The van der Waals surface area contributed by atoms with Crippen LogP contribution in [0.2, 0.25) is 0 Å². The molecule has 2 aromatic carbocycles. The van der Waals surface area contributed by atoms with Crippen LogP contribution in [0.15, 0.2) is 48.5 Å². The van der Waals surface area contributed by atoms with Crippen LogP contribution in [0.5, 0.6) is 5.75 Å². The smallest absolute Gasteiger partial charge is 0.223 e. The summed E-state index contributed by atoms with van der Waals surface area (Å²) < 4.78 is 5.33. The summed E-state index contributed by atoms with van der Waals surface area (Å²) in [6.07, 6.45) is 0.959. The molecule has 0 atom stereocenters. The molecule has 5 heteroatoms. The zero-order valence-corrected chi connectivity index (χ0v) is 17.2. The molecular formula is C23H30N2O3. The van der Waals surface area contributed by atoms with Crippen LogP contribution in [0.25, 0.3) is 0 Å². The summed E-state index contributed by atoms with van der Waals surface area (Å²) in [6, 6.07) is 15.6. The summed E-state index contributed by atoms with van der Waals surface area (Å²) in [5.74, 6) is 0.996. The lowest BCUT2D eigenvalue weighted by Crippen LogP contribution is -2.35. The second-order valence-electron chi connectivity index (χ2n) is 7.05. The normalized spacial score (nSPS) is 10.6. The molecule has 2 rings (SSSR count). The fourth-order valence-corrected chi connectivity index (χ4v) is 3.22. The average Bonchev–Trinajstić information content (AvgIpc) is 2.68. The third-order valence-electron chi connectivity index (χ3n) is 4.70. The Bertz CT molecular complexity index is 802. The van der Waals surface area contributed by atoms with Crippen molar-refractivity contribution in [1.82, 2.24) is 5.32 Å². The third-order valence-corrected chi connectivity index (χ3v) is 4.70. The summed E-state index contributed by atoms with van der Waals surface area (Å²) in [5.41, 5.74) is 3.04. The first kappa shape index (κ1) is 21.5. The number of ether oxygens (including phenoxy) is 1. The molecule has 0 saturated heterocycles. The molecule has 0 saturated carbocycles. The number of carbonyl (C=O) groups is 2. The Labute approximate surface area is 167 Å². The van der Waals surface area contributed by atoms with Gasteiger partial charge in [-0.3, -0.25) is 9.59 Å². The largest absolute Gasteiger partial charge is 0.496 e. The molecule has 0 aliphatic heterocycles. The van der Waals surface area contributed by atoms with Gasteiger partial charge in [-0.2, -0.15) is 0 Å². The predicted molar refractivity (Wildman–Crippen MR) is 113 cm³/mol. The highest BCUT2D eigenvalue weighted by Gasteiger charge is 2.17. The molecule has 0 bridgehead atoms. The molecule has 0 aromatic heterocycles. The molecule has 0 spiro atoms. The zero-order chi connectivity index (χ0) is 20.5. The first-order valence-corrected chi connectivity index (χ1v) is 9.69.